The smallest absolute Gasteiger partial charge is 0.409 e. The lowest BCUT2D eigenvalue weighted by Gasteiger charge is -2.35. The molecule has 1 saturated heterocycles. The van der Waals surface area contributed by atoms with Crippen molar-refractivity contribution in [3.63, 3.8) is 0 Å². The predicted octanol–water partition coefficient (Wildman–Crippen LogP) is 2.78. The Kier molecular flexibility index (Phi) is 12.3. The molecule has 0 atom stereocenters. The van der Waals surface area contributed by atoms with Crippen LogP contribution in [0.1, 0.15) is 40.5 Å². The molecule has 136 valence electrons. The SMILES string of the molecule is CCNC(=NCCCC(C)C)N1CCN(C(=O)OCC)CC1.I. The summed E-state index contributed by atoms with van der Waals surface area (Å²) in [7, 11) is 0. The van der Waals surface area contributed by atoms with Crippen molar-refractivity contribution in [1.29, 1.82) is 0 Å². The van der Waals surface area contributed by atoms with Crippen molar-refractivity contribution in [3.8, 4) is 0 Å². The van der Waals surface area contributed by atoms with Gasteiger partial charge in [-0.25, -0.2) is 4.79 Å². The lowest BCUT2D eigenvalue weighted by atomic mass is 10.1. The summed E-state index contributed by atoms with van der Waals surface area (Å²) in [6, 6.07) is 0. The number of carbonyl (C=O) groups excluding carboxylic acids is 1. The maximum atomic E-state index is 11.7. The van der Waals surface area contributed by atoms with Crippen LogP contribution in [-0.2, 0) is 4.74 Å². The van der Waals surface area contributed by atoms with E-state index in [-0.39, 0.29) is 30.1 Å². The molecule has 7 heteroatoms. The lowest BCUT2D eigenvalue weighted by molar-refractivity contribution is 0.0914. The molecule has 0 aromatic rings. The van der Waals surface area contributed by atoms with Gasteiger partial charge in [0.2, 0.25) is 0 Å². The van der Waals surface area contributed by atoms with Crippen LogP contribution < -0.4 is 5.32 Å². The first-order valence-electron chi connectivity index (χ1n) is 8.53. The number of aliphatic imine (C=N–C) groups is 1. The van der Waals surface area contributed by atoms with E-state index < -0.39 is 0 Å². The zero-order valence-corrected chi connectivity index (χ0v) is 17.3. The number of rotatable bonds is 6. The van der Waals surface area contributed by atoms with Crippen molar-refractivity contribution in [2.75, 3.05) is 45.9 Å². The van der Waals surface area contributed by atoms with Crippen molar-refractivity contribution in [2.24, 2.45) is 10.9 Å². The Morgan fingerprint density at radius 3 is 2.30 bits per heavy atom. The molecule has 1 rings (SSSR count). The molecule has 1 aliphatic rings. The summed E-state index contributed by atoms with van der Waals surface area (Å²) in [5.74, 6) is 1.70. The standard InChI is InChI=1S/C16H32N4O2.HI/c1-5-17-15(18-9-7-8-14(3)4)19-10-12-20(13-11-19)16(21)22-6-2;/h14H,5-13H2,1-4H3,(H,17,18);1H. The molecule has 6 nitrogen and oxygen atoms in total. The fourth-order valence-corrected chi connectivity index (χ4v) is 2.43. The van der Waals surface area contributed by atoms with Gasteiger partial charge in [0, 0.05) is 39.3 Å². The quantitative estimate of drug-likeness (QED) is 0.299. The number of amides is 1. The molecule has 0 aromatic heterocycles. The van der Waals surface area contributed by atoms with E-state index in [0.717, 1.165) is 44.5 Å². The molecule has 1 N–H and O–H groups in total. The third-order valence-corrected chi connectivity index (χ3v) is 3.64. The number of guanidine groups is 1. The second-order valence-electron chi connectivity index (χ2n) is 5.94. The van der Waals surface area contributed by atoms with E-state index >= 15 is 0 Å². The van der Waals surface area contributed by atoms with Gasteiger partial charge in [0.25, 0.3) is 0 Å². The van der Waals surface area contributed by atoms with Crippen LogP contribution in [0.5, 0.6) is 0 Å². The van der Waals surface area contributed by atoms with Gasteiger partial charge >= 0.3 is 6.09 Å². The summed E-state index contributed by atoms with van der Waals surface area (Å²) in [6.07, 6.45) is 2.12. The maximum Gasteiger partial charge on any atom is 0.409 e. The highest BCUT2D eigenvalue weighted by molar-refractivity contribution is 14.0. The fraction of sp³-hybridized carbons (Fsp3) is 0.875. The van der Waals surface area contributed by atoms with E-state index in [1.165, 1.54) is 6.42 Å². The average Bonchev–Trinajstić information content (AvgIpc) is 2.50. The largest absolute Gasteiger partial charge is 0.450 e. The predicted molar refractivity (Wildman–Crippen MR) is 106 cm³/mol. The molecule has 0 unspecified atom stereocenters. The number of ether oxygens (including phenoxy) is 1. The van der Waals surface area contributed by atoms with Crippen molar-refractivity contribution < 1.29 is 9.53 Å². The van der Waals surface area contributed by atoms with E-state index in [2.05, 4.69) is 31.0 Å². The van der Waals surface area contributed by atoms with Crippen LogP contribution in [-0.4, -0.2) is 67.7 Å². The number of piperazine rings is 1. The second kappa shape index (κ2) is 12.7. The van der Waals surface area contributed by atoms with Crippen LogP contribution in [0.3, 0.4) is 0 Å². The molecule has 0 radical (unpaired) electrons. The zero-order chi connectivity index (χ0) is 16.4. The van der Waals surface area contributed by atoms with Gasteiger partial charge in [0.05, 0.1) is 6.61 Å². The van der Waals surface area contributed by atoms with Crippen LogP contribution in [0.25, 0.3) is 0 Å². The average molecular weight is 440 g/mol. The summed E-state index contributed by atoms with van der Waals surface area (Å²) < 4.78 is 5.05. The van der Waals surface area contributed by atoms with Crippen molar-refractivity contribution >= 4 is 36.0 Å². The van der Waals surface area contributed by atoms with Crippen molar-refractivity contribution in [2.45, 2.75) is 40.5 Å². The summed E-state index contributed by atoms with van der Waals surface area (Å²) in [5, 5.41) is 3.35. The van der Waals surface area contributed by atoms with E-state index in [9.17, 15) is 4.79 Å². The third kappa shape index (κ3) is 8.62. The van der Waals surface area contributed by atoms with Gasteiger partial charge in [-0.1, -0.05) is 13.8 Å². The Morgan fingerprint density at radius 2 is 1.78 bits per heavy atom. The van der Waals surface area contributed by atoms with Gasteiger partial charge in [-0.05, 0) is 32.6 Å². The first-order chi connectivity index (χ1) is 10.6. The molecular weight excluding hydrogens is 407 g/mol. The summed E-state index contributed by atoms with van der Waals surface area (Å²) in [4.78, 5) is 20.4. The number of hydrogen-bond acceptors (Lipinski definition) is 3. The van der Waals surface area contributed by atoms with Gasteiger partial charge in [-0.2, -0.15) is 0 Å². The zero-order valence-electron chi connectivity index (χ0n) is 15.0. The number of carbonyl (C=O) groups is 1. The van der Waals surface area contributed by atoms with E-state index in [0.29, 0.717) is 19.7 Å². The summed E-state index contributed by atoms with van der Waals surface area (Å²) in [5.41, 5.74) is 0. The van der Waals surface area contributed by atoms with Gasteiger partial charge < -0.3 is 19.9 Å². The molecular formula is C16H33IN4O2. The Bertz CT molecular complexity index is 356. The molecule has 1 aliphatic heterocycles. The van der Waals surface area contributed by atoms with Gasteiger partial charge in [0.15, 0.2) is 5.96 Å². The monoisotopic (exact) mass is 440 g/mol. The van der Waals surface area contributed by atoms with Crippen molar-refractivity contribution in [3.05, 3.63) is 0 Å². The lowest BCUT2D eigenvalue weighted by Crippen LogP contribution is -2.53. The van der Waals surface area contributed by atoms with Crippen LogP contribution in [0.4, 0.5) is 4.79 Å². The third-order valence-electron chi connectivity index (χ3n) is 3.64. The molecule has 0 spiro atoms. The first kappa shape index (κ1) is 22.3. The summed E-state index contributed by atoms with van der Waals surface area (Å²) >= 11 is 0. The van der Waals surface area contributed by atoms with E-state index in [1.54, 1.807) is 4.90 Å². The first-order valence-corrected chi connectivity index (χ1v) is 8.53. The van der Waals surface area contributed by atoms with Gasteiger partial charge in [-0.3, -0.25) is 4.99 Å². The Hall–Kier alpha value is -0.730. The normalized spacial score (nSPS) is 15.4. The van der Waals surface area contributed by atoms with Crippen LogP contribution in [0, 0.1) is 5.92 Å². The van der Waals surface area contributed by atoms with Crippen LogP contribution in [0.15, 0.2) is 4.99 Å². The minimum absolute atomic E-state index is 0. The molecule has 1 fully saturated rings. The maximum absolute atomic E-state index is 11.7. The van der Waals surface area contributed by atoms with Gasteiger partial charge in [0.1, 0.15) is 0 Å². The molecule has 0 aliphatic carbocycles. The molecule has 1 heterocycles. The van der Waals surface area contributed by atoms with Crippen LogP contribution in [0.2, 0.25) is 0 Å². The molecule has 0 bridgehead atoms. The number of hydrogen-bond donors (Lipinski definition) is 1. The molecule has 1 amide bonds. The fourth-order valence-electron chi connectivity index (χ4n) is 2.43. The minimum Gasteiger partial charge on any atom is -0.450 e. The molecule has 0 aromatic carbocycles. The highest BCUT2D eigenvalue weighted by Crippen LogP contribution is 2.06. The highest BCUT2D eigenvalue weighted by atomic mass is 127. The van der Waals surface area contributed by atoms with E-state index in [4.69, 9.17) is 9.73 Å². The minimum atomic E-state index is -0.207. The molecule has 0 saturated carbocycles. The molecule has 23 heavy (non-hydrogen) atoms. The van der Waals surface area contributed by atoms with Crippen molar-refractivity contribution in [1.82, 2.24) is 15.1 Å². The Balaban J connectivity index is 0.00000484. The van der Waals surface area contributed by atoms with Gasteiger partial charge in [-0.15, -0.1) is 24.0 Å². The Labute approximate surface area is 158 Å². The Morgan fingerprint density at radius 1 is 1.17 bits per heavy atom. The second-order valence-corrected chi connectivity index (χ2v) is 5.94. The van der Waals surface area contributed by atoms with Crippen LogP contribution >= 0.6 is 24.0 Å². The number of halogens is 1. The summed E-state index contributed by atoms with van der Waals surface area (Å²) in [6.45, 7) is 13.5. The highest BCUT2D eigenvalue weighted by Gasteiger charge is 2.23. The van der Waals surface area contributed by atoms with E-state index in [1.807, 2.05) is 6.92 Å². The number of nitrogens with zero attached hydrogens (tertiary/aromatic N) is 3. The topological polar surface area (TPSA) is 57.2 Å². The number of nitrogens with one attached hydrogen (secondary N) is 1.